The third kappa shape index (κ3) is 5.45. The van der Waals surface area contributed by atoms with Gasteiger partial charge in [-0.15, -0.1) is 0 Å². The van der Waals surface area contributed by atoms with Crippen LogP contribution in [-0.4, -0.2) is 34.6 Å². The summed E-state index contributed by atoms with van der Waals surface area (Å²) in [5.74, 6) is 0.617. The number of alkyl carbamates (subject to hydrolysis) is 1. The van der Waals surface area contributed by atoms with Gasteiger partial charge in [0.25, 0.3) is 0 Å². The molecule has 1 aromatic heterocycles. The molecule has 0 spiro atoms. The van der Waals surface area contributed by atoms with Crippen molar-refractivity contribution in [3.05, 3.63) is 35.4 Å². The van der Waals surface area contributed by atoms with Crippen LogP contribution in [0.25, 0.3) is 11.3 Å². The van der Waals surface area contributed by atoms with Gasteiger partial charge in [0.05, 0.1) is 12.2 Å². The van der Waals surface area contributed by atoms with Gasteiger partial charge in [0.1, 0.15) is 12.2 Å². The highest BCUT2D eigenvalue weighted by atomic mass is 35.5. The van der Waals surface area contributed by atoms with Crippen molar-refractivity contribution in [2.75, 3.05) is 13.2 Å². The number of hydrogen-bond acceptors (Lipinski definition) is 4. The second kappa shape index (κ2) is 7.57. The summed E-state index contributed by atoms with van der Waals surface area (Å²) in [7, 11) is 1.80. The van der Waals surface area contributed by atoms with Gasteiger partial charge in [0.15, 0.2) is 0 Å². The normalized spacial score (nSPS) is 11.2. The van der Waals surface area contributed by atoms with Crippen LogP contribution in [0.5, 0.6) is 5.88 Å². The predicted octanol–water partition coefficient (Wildman–Crippen LogP) is 3.64. The topological polar surface area (TPSA) is 65.4 Å². The average Bonchev–Trinajstić information content (AvgIpc) is 2.84. The molecule has 1 amide bonds. The molecule has 2 aromatic rings. The molecule has 1 heterocycles. The first kappa shape index (κ1) is 18.1. The Labute approximate surface area is 146 Å². The van der Waals surface area contributed by atoms with E-state index in [2.05, 4.69) is 10.4 Å². The molecule has 2 rings (SSSR count). The highest BCUT2D eigenvalue weighted by molar-refractivity contribution is 6.30. The summed E-state index contributed by atoms with van der Waals surface area (Å²) < 4.78 is 12.4. The summed E-state index contributed by atoms with van der Waals surface area (Å²) in [6.45, 7) is 6.11. The van der Waals surface area contributed by atoms with E-state index in [-0.39, 0.29) is 0 Å². The van der Waals surface area contributed by atoms with Crippen molar-refractivity contribution in [2.45, 2.75) is 26.4 Å². The number of nitrogens with one attached hydrogen (secondary N) is 1. The van der Waals surface area contributed by atoms with Crippen molar-refractivity contribution in [3.8, 4) is 17.1 Å². The Hall–Kier alpha value is -2.21. The van der Waals surface area contributed by atoms with Crippen molar-refractivity contribution >= 4 is 17.7 Å². The summed E-state index contributed by atoms with van der Waals surface area (Å²) in [6, 6.07) is 9.28. The quantitative estimate of drug-likeness (QED) is 0.835. The molecule has 0 aliphatic carbocycles. The molecule has 0 aliphatic heterocycles. The molecule has 0 atom stereocenters. The largest absolute Gasteiger partial charge is 0.476 e. The van der Waals surface area contributed by atoms with E-state index in [1.807, 2.05) is 51.1 Å². The van der Waals surface area contributed by atoms with Crippen molar-refractivity contribution in [1.82, 2.24) is 15.1 Å². The zero-order chi connectivity index (χ0) is 17.7. The summed E-state index contributed by atoms with van der Waals surface area (Å²) >= 11 is 5.89. The Balaban J connectivity index is 1.85. The van der Waals surface area contributed by atoms with E-state index in [1.165, 1.54) is 0 Å². The number of rotatable bonds is 5. The monoisotopic (exact) mass is 351 g/mol. The van der Waals surface area contributed by atoms with Crippen LogP contribution in [0.2, 0.25) is 5.02 Å². The number of carbonyl (C=O) groups is 1. The molecule has 7 heteroatoms. The first-order valence-electron chi connectivity index (χ1n) is 7.64. The first-order chi connectivity index (χ1) is 11.2. The number of ether oxygens (including phenoxy) is 2. The lowest BCUT2D eigenvalue weighted by molar-refractivity contribution is 0.0519. The maximum atomic E-state index is 11.5. The van der Waals surface area contributed by atoms with Gasteiger partial charge in [-0.2, -0.15) is 5.10 Å². The third-order valence-corrected chi connectivity index (χ3v) is 3.25. The Morgan fingerprint density at radius 3 is 2.58 bits per heavy atom. The fraction of sp³-hybridized carbons (Fsp3) is 0.412. The summed E-state index contributed by atoms with van der Waals surface area (Å²) in [6.07, 6.45) is -0.460. The second-order valence-corrected chi connectivity index (χ2v) is 6.71. The van der Waals surface area contributed by atoms with E-state index in [0.717, 1.165) is 11.3 Å². The smallest absolute Gasteiger partial charge is 0.407 e. The molecule has 0 aliphatic rings. The third-order valence-electron chi connectivity index (χ3n) is 3.00. The zero-order valence-corrected chi connectivity index (χ0v) is 15.1. The molecule has 0 unspecified atom stereocenters. The highest BCUT2D eigenvalue weighted by Gasteiger charge is 2.15. The molecule has 0 radical (unpaired) electrons. The lowest BCUT2D eigenvalue weighted by Gasteiger charge is -2.19. The maximum Gasteiger partial charge on any atom is 0.407 e. The van der Waals surface area contributed by atoms with Crippen LogP contribution >= 0.6 is 11.6 Å². The van der Waals surface area contributed by atoms with Crippen molar-refractivity contribution in [2.24, 2.45) is 7.05 Å². The molecule has 6 nitrogen and oxygen atoms in total. The molecule has 1 N–H and O–H groups in total. The van der Waals surface area contributed by atoms with E-state index in [4.69, 9.17) is 21.1 Å². The second-order valence-electron chi connectivity index (χ2n) is 6.28. The number of nitrogens with zero attached hydrogens (tertiary/aromatic N) is 2. The zero-order valence-electron chi connectivity index (χ0n) is 14.3. The van der Waals surface area contributed by atoms with Gasteiger partial charge in [-0.05, 0) is 32.9 Å². The average molecular weight is 352 g/mol. The predicted molar refractivity (Wildman–Crippen MR) is 93.4 cm³/mol. The van der Waals surface area contributed by atoms with Gasteiger partial charge < -0.3 is 14.8 Å². The minimum absolute atomic E-state index is 0.318. The van der Waals surface area contributed by atoms with Crippen molar-refractivity contribution < 1.29 is 14.3 Å². The van der Waals surface area contributed by atoms with Gasteiger partial charge >= 0.3 is 6.09 Å². The molecule has 130 valence electrons. The lowest BCUT2D eigenvalue weighted by atomic mass is 10.2. The van der Waals surface area contributed by atoms with E-state index in [1.54, 1.807) is 11.7 Å². The van der Waals surface area contributed by atoms with E-state index < -0.39 is 11.7 Å². The summed E-state index contributed by atoms with van der Waals surface area (Å²) in [5.41, 5.74) is 1.24. The van der Waals surface area contributed by atoms with E-state index >= 15 is 0 Å². The molecule has 24 heavy (non-hydrogen) atoms. The Morgan fingerprint density at radius 2 is 1.96 bits per heavy atom. The number of carbonyl (C=O) groups excluding carboxylic acids is 1. The first-order valence-corrected chi connectivity index (χ1v) is 8.02. The SMILES string of the molecule is Cn1nc(-c2ccc(Cl)cc2)cc1OCCNC(=O)OC(C)(C)C. The molecule has 0 fully saturated rings. The van der Waals surface area contributed by atoms with E-state index in [9.17, 15) is 4.79 Å². The number of amides is 1. The van der Waals surface area contributed by atoms with Crippen LogP contribution in [0.3, 0.4) is 0 Å². The molecule has 0 saturated heterocycles. The van der Waals surface area contributed by atoms with Gasteiger partial charge in [0.2, 0.25) is 5.88 Å². The van der Waals surface area contributed by atoms with Crippen LogP contribution in [0.1, 0.15) is 20.8 Å². The Bertz CT molecular complexity index is 690. The summed E-state index contributed by atoms with van der Waals surface area (Å²) in [5, 5.41) is 7.73. The minimum atomic E-state index is -0.513. The Morgan fingerprint density at radius 1 is 1.29 bits per heavy atom. The molecular weight excluding hydrogens is 330 g/mol. The lowest BCUT2D eigenvalue weighted by Crippen LogP contribution is -2.34. The van der Waals surface area contributed by atoms with Gasteiger partial charge in [-0.1, -0.05) is 23.7 Å². The number of benzene rings is 1. The molecule has 0 bridgehead atoms. The van der Waals surface area contributed by atoms with Gasteiger partial charge in [-0.25, -0.2) is 9.48 Å². The van der Waals surface area contributed by atoms with Crippen LogP contribution in [0, 0.1) is 0 Å². The number of aromatic nitrogens is 2. The Kier molecular flexibility index (Phi) is 5.72. The maximum absolute atomic E-state index is 11.5. The van der Waals surface area contributed by atoms with Crippen LogP contribution < -0.4 is 10.1 Å². The van der Waals surface area contributed by atoms with Crippen LogP contribution in [-0.2, 0) is 11.8 Å². The highest BCUT2D eigenvalue weighted by Crippen LogP contribution is 2.24. The molecular formula is C17H22ClN3O3. The number of halogens is 1. The van der Waals surface area contributed by atoms with Crippen LogP contribution in [0.4, 0.5) is 4.79 Å². The summed E-state index contributed by atoms with van der Waals surface area (Å²) in [4.78, 5) is 11.5. The minimum Gasteiger partial charge on any atom is -0.476 e. The van der Waals surface area contributed by atoms with Crippen molar-refractivity contribution in [3.63, 3.8) is 0 Å². The van der Waals surface area contributed by atoms with E-state index in [0.29, 0.717) is 24.1 Å². The van der Waals surface area contributed by atoms with Crippen LogP contribution in [0.15, 0.2) is 30.3 Å². The molecule has 0 saturated carbocycles. The molecule has 1 aromatic carbocycles. The fourth-order valence-electron chi connectivity index (χ4n) is 1.97. The standard InChI is InChI=1S/C17H22ClN3O3/c1-17(2,3)24-16(22)19-9-10-23-15-11-14(20-21(15)4)12-5-7-13(18)8-6-12/h5-8,11H,9-10H2,1-4H3,(H,19,22). The fourth-order valence-corrected chi connectivity index (χ4v) is 2.10. The van der Waals surface area contributed by atoms with Gasteiger partial charge in [0, 0.05) is 23.7 Å². The van der Waals surface area contributed by atoms with Crippen molar-refractivity contribution in [1.29, 1.82) is 0 Å². The van der Waals surface area contributed by atoms with Gasteiger partial charge in [-0.3, -0.25) is 0 Å². The number of aryl methyl sites for hydroxylation is 1. The number of hydrogen-bond donors (Lipinski definition) is 1.